The average Bonchev–Trinajstić information content (AvgIpc) is 3.17. The Morgan fingerprint density at radius 1 is 1.33 bits per heavy atom. The summed E-state index contributed by atoms with van der Waals surface area (Å²) in [5.41, 5.74) is 5.34. The van der Waals surface area contributed by atoms with Crippen molar-refractivity contribution in [2.24, 2.45) is 11.8 Å². The molecule has 7 nitrogen and oxygen atoms in total. The Hall–Kier alpha value is -1.92. The number of aromatic nitrogens is 2. The second-order valence-electron chi connectivity index (χ2n) is 5.06. The zero-order valence-corrected chi connectivity index (χ0v) is 9.87. The van der Waals surface area contributed by atoms with Gasteiger partial charge >= 0.3 is 5.69 Å². The third kappa shape index (κ3) is 2.07. The molecule has 1 aromatic heterocycles. The number of nitrogens with zero attached hydrogens (tertiary/aromatic N) is 3. The van der Waals surface area contributed by atoms with Crippen LogP contribution in [-0.4, -0.2) is 20.9 Å². The van der Waals surface area contributed by atoms with Crippen LogP contribution in [-0.2, 0) is 0 Å². The number of hydrogen-bond donors (Lipinski definition) is 2. The third-order valence-corrected chi connectivity index (χ3v) is 3.60. The molecule has 0 unspecified atom stereocenters. The van der Waals surface area contributed by atoms with E-state index in [4.69, 9.17) is 5.73 Å². The summed E-state index contributed by atoms with van der Waals surface area (Å²) in [6.45, 7) is 0. The number of nitrogens with two attached hydrogens (primary N) is 1. The van der Waals surface area contributed by atoms with Crippen molar-refractivity contribution in [1.29, 1.82) is 0 Å². The van der Waals surface area contributed by atoms with Crippen LogP contribution in [0.4, 0.5) is 17.3 Å². The molecule has 0 radical (unpaired) electrons. The van der Waals surface area contributed by atoms with E-state index in [2.05, 4.69) is 15.3 Å². The lowest BCUT2D eigenvalue weighted by Crippen LogP contribution is -2.25. The third-order valence-electron chi connectivity index (χ3n) is 3.60. The number of hydrogen-bond acceptors (Lipinski definition) is 6. The Bertz CT molecular complexity index is 472. The Balaban J connectivity index is 1.86. The van der Waals surface area contributed by atoms with Gasteiger partial charge in [-0.05, 0) is 37.5 Å². The Morgan fingerprint density at radius 3 is 2.44 bits per heavy atom. The zero-order valence-electron chi connectivity index (χ0n) is 9.87. The molecule has 0 saturated heterocycles. The first kappa shape index (κ1) is 11.2. The van der Waals surface area contributed by atoms with Gasteiger partial charge in [0.1, 0.15) is 6.33 Å². The van der Waals surface area contributed by atoms with Crippen molar-refractivity contribution in [2.45, 2.75) is 31.7 Å². The van der Waals surface area contributed by atoms with E-state index in [0.29, 0.717) is 17.9 Å². The quantitative estimate of drug-likeness (QED) is 0.605. The van der Waals surface area contributed by atoms with Crippen LogP contribution in [0.15, 0.2) is 6.33 Å². The Morgan fingerprint density at radius 2 is 1.94 bits per heavy atom. The van der Waals surface area contributed by atoms with Crippen LogP contribution in [0.2, 0.25) is 0 Å². The SMILES string of the molecule is Nc1ncnc(NC(C2CC2)C2CC2)c1[N+](=O)[O-]. The van der Waals surface area contributed by atoms with Crippen LogP contribution < -0.4 is 11.1 Å². The van der Waals surface area contributed by atoms with Gasteiger partial charge in [0, 0.05) is 6.04 Å². The number of nitro groups is 1. The van der Waals surface area contributed by atoms with E-state index in [1.165, 1.54) is 32.0 Å². The van der Waals surface area contributed by atoms with Gasteiger partial charge in [0.05, 0.1) is 4.92 Å². The highest BCUT2D eigenvalue weighted by Crippen LogP contribution is 2.46. The molecular formula is C11H15N5O2. The average molecular weight is 249 g/mol. The highest BCUT2D eigenvalue weighted by molar-refractivity contribution is 5.67. The molecule has 0 atom stereocenters. The second kappa shape index (κ2) is 4.08. The van der Waals surface area contributed by atoms with Gasteiger partial charge in [-0.15, -0.1) is 0 Å². The van der Waals surface area contributed by atoms with Gasteiger partial charge in [0.25, 0.3) is 0 Å². The van der Waals surface area contributed by atoms with E-state index >= 15 is 0 Å². The fourth-order valence-corrected chi connectivity index (χ4v) is 2.37. The van der Waals surface area contributed by atoms with Gasteiger partial charge in [0.2, 0.25) is 11.6 Å². The monoisotopic (exact) mass is 249 g/mol. The van der Waals surface area contributed by atoms with Crippen LogP contribution in [0.25, 0.3) is 0 Å². The Kier molecular flexibility index (Phi) is 2.53. The minimum absolute atomic E-state index is 0.0807. The van der Waals surface area contributed by atoms with Crippen LogP contribution >= 0.6 is 0 Å². The highest BCUT2D eigenvalue weighted by atomic mass is 16.6. The van der Waals surface area contributed by atoms with Gasteiger partial charge in [-0.3, -0.25) is 10.1 Å². The molecule has 2 fully saturated rings. The molecule has 96 valence electrons. The minimum atomic E-state index is -0.519. The van der Waals surface area contributed by atoms with Crippen LogP contribution in [0.3, 0.4) is 0 Å². The molecule has 3 N–H and O–H groups in total. The fraction of sp³-hybridized carbons (Fsp3) is 0.636. The van der Waals surface area contributed by atoms with Gasteiger partial charge in [-0.25, -0.2) is 9.97 Å². The summed E-state index contributed by atoms with van der Waals surface area (Å²) in [4.78, 5) is 18.1. The summed E-state index contributed by atoms with van der Waals surface area (Å²) in [7, 11) is 0. The number of rotatable bonds is 5. The standard InChI is InChI=1S/C11H15N5O2/c12-10-9(16(17)18)11(14-5-13-10)15-8(6-1-2-6)7-3-4-7/h5-8H,1-4H2,(H3,12,13,14,15). The molecule has 0 bridgehead atoms. The maximum absolute atomic E-state index is 11.0. The lowest BCUT2D eigenvalue weighted by molar-refractivity contribution is -0.383. The topological polar surface area (TPSA) is 107 Å². The van der Waals surface area contributed by atoms with Crippen LogP contribution in [0.5, 0.6) is 0 Å². The molecule has 2 aliphatic carbocycles. The molecule has 0 aromatic carbocycles. The van der Waals surface area contributed by atoms with Gasteiger partial charge in [-0.1, -0.05) is 0 Å². The van der Waals surface area contributed by atoms with Crippen LogP contribution in [0.1, 0.15) is 25.7 Å². The van der Waals surface area contributed by atoms with E-state index in [0.717, 1.165) is 0 Å². The van der Waals surface area contributed by atoms with Crippen molar-refractivity contribution in [3.8, 4) is 0 Å². The summed E-state index contributed by atoms with van der Waals surface area (Å²) in [6.07, 6.45) is 6.05. The normalized spacial score (nSPS) is 18.9. The number of nitrogen functional groups attached to an aromatic ring is 1. The lowest BCUT2D eigenvalue weighted by atomic mass is 10.1. The van der Waals surface area contributed by atoms with E-state index in [1.54, 1.807) is 0 Å². The summed E-state index contributed by atoms with van der Waals surface area (Å²) < 4.78 is 0. The fourth-order valence-electron chi connectivity index (χ4n) is 2.37. The first-order valence-corrected chi connectivity index (χ1v) is 6.18. The Labute approximate surface area is 104 Å². The molecule has 7 heteroatoms. The molecule has 1 heterocycles. The van der Waals surface area contributed by atoms with Gasteiger partial charge in [0.15, 0.2) is 0 Å². The molecule has 2 saturated carbocycles. The van der Waals surface area contributed by atoms with Gasteiger partial charge in [-0.2, -0.15) is 0 Å². The second-order valence-corrected chi connectivity index (χ2v) is 5.06. The summed E-state index contributed by atoms with van der Waals surface area (Å²) in [6, 6.07) is 0.304. The van der Waals surface area contributed by atoms with Gasteiger partial charge < -0.3 is 11.1 Å². The van der Waals surface area contributed by atoms with E-state index in [9.17, 15) is 10.1 Å². The molecular weight excluding hydrogens is 234 g/mol. The first-order chi connectivity index (χ1) is 8.66. The van der Waals surface area contributed by atoms with E-state index in [1.807, 2.05) is 0 Å². The smallest absolute Gasteiger partial charge is 0.352 e. The van der Waals surface area contributed by atoms with Crippen LogP contribution in [0, 0.1) is 22.0 Å². The van der Waals surface area contributed by atoms with Crippen molar-refractivity contribution < 1.29 is 4.92 Å². The van der Waals surface area contributed by atoms with Crippen molar-refractivity contribution in [2.75, 3.05) is 11.1 Å². The molecule has 18 heavy (non-hydrogen) atoms. The van der Waals surface area contributed by atoms with Crippen molar-refractivity contribution in [3.05, 3.63) is 16.4 Å². The predicted molar refractivity (Wildman–Crippen MR) is 66.0 cm³/mol. The highest BCUT2D eigenvalue weighted by Gasteiger charge is 2.42. The van der Waals surface area contributed by atoms with Crippen molar-refractivity contribution in [3.63, 3.8) is 0 Å². The maximum atomic E-state index is 11.0. The van der Waals surface area contributed by atoms with E-state index < -0.39 is 4.92 Å². The minimum Gasteiger partial charge on any atom is -0.378 e. The first-order valence-electron chi connectivity index (χ1n) is 6.18. The molecule has 0 aliphatic heterocycles. The predicted octanol–water partition coefficient (Wildman–Crippen LogP) is 1.57. The lowest BCUT2D eigenvalue weighted by Gasteiger charge is -2.18. The largest absolute Gasteiger partial charge is 0.378 e. The van der Waals surface area contributed by atoms with Crippen molar-refractivity contribution in [1.82, 2.24) is 9.97 Å². The molecule has 0 amide bonds. The zero-order chi connectivity index (χ0) is 12.7. The number of anilines is 2. The summed E-state index contributed by atoms with van der Waals surface area (Å²) in [5, 5.41) is 14.2. The summed E-state index contributed by atoms with van der Waals surface area (Å²) in [5.74, 6) is 1.45. The maximum Gasteiger partial charge on any atom is 0.352 e. The molecule has 1 aromatic rings. The number of nitrogens with one attached hydrogen (secondary N) is 1. The summed E-state index contributed by atoms with van der Waals surface area (Å²) >= 11 is 0. The van der Waals surface area contributed by atoms with E-state index in [-0.39, 0.29) is 17.3 Å². The van der Waals surface area contributed by atoms with Crippen molar-refractivity contribution >= 4 is 17.3 Å². The molecule has 2 aliphatic rings. The molecule has 3 rings (SSSR count). The molecule has 0 spiro atoms.